The molecule has 0 saturated carbocycles. The topological polar surface area (TPSA) is 363 Å². The van der Waals surface area contributed by atoms with Crippen molar-refractivity contribution in [3.05, 3.63) is 40.2 Å². The van der Waals surface area contributed by atoms with E-state index in [4.69, 9.17) is 32.8 Å². The molecule has 5 rings (SSSR count). The van der Waals surface area contributed by atoms with Crippen molar-refractivity contribution in [3.8, 4) is 5.75 Å². The van der Waals surface area contributed by atoms with E-state index < -0.39 is 147 Å². The van der Waals surface area contributed by atoms with Gasteiger partial charge in [-0.15, -0.1) is 0 Å². The van der Waals surface area contributed by atoms with E-state index in [1.807, 2.05) is 0 Å². The maximum absolute atomic E-state index is 12.7. The number of carbonyl (C=O) groups is 3. The molecule has 0 bridgehead atoms. The van der Waals surface area contributed by atoms with Gasteiger partial charge < -0.3 is 94.5 Å². The fourth-order valence-corrected chi connectivity index (χ4v) is 7.17. The number of rotatable bonds is 14. The molecule has 0 spiro atoms. The summed E-state index contributed by atoms with van der Waals surface area (Å²) in [7, 11) is 0. The number of aliphatic hydroxyl groups excluding tert-OH is 9. The van der Waals surface area contributed by atoms with Gasteiger partial charge in [-0.25, -0.2) is 9.59 Å². The monoisotopic (exact) mass is 832 g/mol. The summed E-state index contributed by atoms with van der Waals surface area (Å²) in [5.41, 5.74) is 0.162. The zero-order valence-corrected chi connectivity index (χ0v) is 31.3. The number of aryl methyl sites for hydroxylation is 1. The number of fused-ring (bicyclic) bond motifs is 1. The number of carboxylic acid groups (broad SMARTS) is 1. The summed E-state index contributed by atoms with van der Waals surface area (Å²) in [5, 5.41) is 112. The summed E-state index contributed by atoms with van der Waals surface area (Å²) in [5.74, 6) is -6.33. The molecule has 16 atom stereocenters. The van der Waals surface area contributed by atoms with E-state index in [9.17, 15) is 70.2 Å². The second kappa shape index (κ2) is 18.6. The third-order valence-electron chi connectivity index (χ3n) is 10.0. The maximum Gasteiger partial charge on any atom is 0.364 e. The molecule has 2 aromatic rings. The van der Waals surface area contributed by atoms with Crippen molar-refractivity contribution in [1.29, 1.82) is 0 Å². The molecule has 23 nitrogen and oxygen atoms in total. The summed E-state index contributed by atoms with van der Waals surface area (Å²) in [6.45, 7) is 0.891. The van der Waals surface area contributed by atoms with Crippen molar-refractivity contribution in [2.45, 2.75) is 125 Å². The largest absolute Gasteiger partial charge is 0.477 e. The Balaban J connectivity index is 1.37. The molecule has 0 aliphatic carbocycles. The molecule has 2 amide bonds. The minimum absolute atomic E-state index is 0.0699. The highest BCUT2D eigenvalue weighted by molar-refractivity contribution is 5.81. The van der Waals surface area contributed by atoms with Crippen LogP contribution in [-0.2, 0) is 38.1 Å². The summed E-state index contributed by atoms with van der Waals surface area (Å²) in [6, 6.07) is 2.78. The number of nitrogens with one attached hydrogen (secondary N) is 2. The molecular weight excluding hydrogens is 784 g/mol. The number of ether oxygens (including phenoxy) is 6. The molecule has 3 aliphatic rings. The molecule has 1 aromatic heterocycles. The predicted molar refractivity (Wildman–Crippen MR) is 187 cm³/mol. The fourth-order valence-electron chi connectivity index (χ4n) is 7.17. The number of carboxylic acids is 1. The number of amides is 2. The molecule has 1 aromatic carbocycles. The maximum atomic E-state index is 12.7. The Bertz CT molecular complexity index is 1830. The summed E-state index contributed by atoms with van der Waals surface area (Å²) < 4.78 is 39.8. The minimum atomic E-state index is -3.02. The van der Waals surface area contributed by atoms with Crippen molar-refractivity contribution >= 4 is 28.8 Å². The van der Waals surface area contributed by atoms with E-state index in [1.165, 1.54) is 18.2 Å². The van der Waals surface area contributed by atoms with Crippen LogP contribution in [0, 0.1) is 6.92 Å². The second-order valence-corrected chi connectivity index (χ2v) is 14.2. The quantitative estimate of drug-likeness (QED) is 0.0790. The normalized spacial score (nSPS) is 36.4. The van der Waals surface area contributed by atoms with Gasteiger partial charge in [-0.1, -0.05) is 0 Å². The first-order valence-electron chi connectivity index (χ1n) is 18.1. The first-order chi connectivity index (χ1) is 27.3. The summed E-state index contributed by atoms with van der Waals surface area (Å²) in [4.78, 5) is 48.8. The highest BCUT2D eigenvalue weighted by Gasteiger charge is 2.60. The van der Waals surface area contributed by atoms with Crippen molar-refractivity contribution in [3.63, 3.8) is 0 Å². The Kier molecular flexibility index (Phi) is 14.5. The third kappa shape index (κ3) is 9.42. The van der Waals surface area contributed by atoms with Crippen molar-refractivity contribution in [2.75, 3.05) is 19.8 Å². The van der Waals surface area contributed by atoms with Crippen LogP contribution >= 0.6 is 0 Å². The highest BCUT2D eigenvalue weighted by Crippen LogP contribution is 2.38. The van der Waals surface area contributed by atoms with E-state index in [0.29, 0.717) is 10.9 Å². The fraction of sp³-hybridized carbons (Fsp3) is 0.657. The molecule has 0 radical (unpaired) electrons. The number of hydrogen-bond donors (Lipinski definition) is 12. The van der Waals surface area contributed by atoms with Crippen LogP contribution in [0.5, 0.6) is 5.75 Å². The predicted octanol–water partition coefficient (Wildman–Crippen LogP) is -5.58. The van der Waals surface area contributed by atoms with Gasteiger partial charge in [0.15, 0.2) is 6.29 Å². The first kappa shape index (κ1) is 45.2. The smallest absolute Gasteiger partial charge is 0.364 e. The lowest BCUT2D eigenvalue weighted by Crippen LogP contribution is -2.71. The Morgan fingerprint density at radius 1 is 0.879 bits per heavy atom. The molecule has 0 unspecified atom stereocenters. The summed E-state index contributed by atoms with van der Waals surface area (Å²) in [6.07, 6.45) is -25.5. The van der Waals surface area contributed by atoms with Crippen molar-refractivity contribution in [1.82, 2.24) is 10.6 Å². The summed E-state index contributed by atoms with van der Waals surface area (Å²) >= 11 is 0. The van der Waals surface area contributed by atoms with Crippen LogP contribution in [0.1, 0.15) is 25.8 Å². The number of hydrogen-bond acceptors (Lipinski definition) is 20. The van der Waals surface area contributed by atoms with Gasteiger partial charge in [-0.3, -0.25) is 9.59 Å². The molecule has 12 N–H and O–H groups in total. The van der Waals surface area contributed by atoms with Crippen LogP contribution in [0.15, 0.2) is 33.5 Å². The van der Waals surface area contributed by atoms with Crippen molar-refractivity contribution < 1.29 is 98.3 Å². The highest BCUT2D eigenvalue weighted by atomic mass is 16.8. The molecule has 3 aliphatic heterocycles. The zero-order valence-electron chi connectivity index (χ0n) is 31.3. The molecule has 3 fully saturated rings. The average molecular weight is 833 g/mol. The lowest BCUT2D eigenvalue weighted by molar-refractivity contribution is -0.380. The molecule has 324 valence electrons. The lowest BCUT2D eigenvalue weighted by Gasteiger charge is -2.50. The van der Waals surface area contributed by atoms with E-state index in [1.54, 1.807) is 13.0 Å². The number of aliphatic hydroxyl groups is 9. The van der Waals surface area contributed by atoms with E-state index in [2.05, 4.69) is 10.6 Å². The van der Waals surface area contributed by atoms with E-state index in [-0.39, 0.29) is 11.3 Å². The van der Waals surface area contributed by atoms with Crippen molar-refractivity contribution in [2.24, 2.45) is 0 Å². The van der Waals surface area contributed by atoms with Gasteiger partial charge in [0, 0.05) is 37.8 Å². The van der Waals surface area contributed by atoms with Gasteiger partial charge >= 0.3 is 11.6 Å². The Labute approximate surface area is 328 Å². The second-order valence-electron chi connectivity index (χ2n) is 14.2. The zero-order chi connectivity index (χ0) is 42.8. The molecule has 3 saturated heterocycles. The third-order valence-corrected chi connectivity index (χ3v) is 10.0. The van der Waals surface area contributed by atoms with Gasteiger partial charge in [0.25, 0.3) is 5.79 Å². The van der Waals surface area contributed by atoms with E-state index >= 15 is 0 Å². The van der Waals surface area contributed by atoms with Gasteiger partial charge in [-0.05, 0) is 24.6 Å². The number of carbonyl (C=O) groups excluding carboxylic acids is 2. The lowest BCUT2D eigenvalue weighted by atomic mass is 9.88. The molecule has 58 heavy (non-hydrogen) atoms. The van der Waals surface area contributed by atoms with Crippen LogP contribution in [0.25, 0.3) is 11.0 Å². The SMILES string of the molecule is CC(=O)N[C@H]1[C@H](Oc2ccc3c(C)cc(=O)oc3c2)O[C@H](CO)[C@@H](O[C@@H]2O[C@H](CO)[C@H](O[C@]3(C(=O)O)C[C@H](O)[C@@H](NC(C)=O)[C@H]([C@H](O)[C@H](O)CO)O3)[C@H](O)[C@H]2O)[C@@H]1O. The number of benzene rings is 1. The van der Waals surface area contributed by atoms with Crippen LogP contribution in [0.3, 0.4) is 0 Å². The standard InChI is InChI=1S/C35H48N2O21/c1-12-6-22(45)53-19-7-15(4-5-16(12)19)52-32-24(37-14(3)42)26(47)29(20(10-39)54-32)56-33-28(49)27(48)30(21(11-40)55-33)57-35(34(50)51)8-17(43)23(36-13(2)41)31(58-35)25(46)18(44)9-38/h4-7,17-18,20-21,23-33,38-40,43-44,46-49H,8-11H2,1-3H3,(H,36,41)(H,37,42)(H,50,51)/t17-,18+,20+,21+,23+,24+,25+,26+,27+,28+,29+,30-,31+,32+,33-,35+/m0/s1. The molecular formula is C35H48N2O21. The van der Waals surface area contributed by atoms with Crippen LogP contribution in [-0.4, -0.2) is 186 Å². The van der Waals surface area contributed by atoms with Gasteiger partial charge in [-0.2, -0.15) is 0 Å². The Morgan fingerprint density at radius 2 is 1.50 bits per heavy atom. The number of aliphatic carboxylic acids is 1. The Morgan fingerprint density at radius 3 is 2.10 bits per heavy atom. The van der Waals surface area contributed by atoms with Gasteiger partial charge in [0.2, 0.25) is 18.1 Å². The van der Waals surface area contributed by atoms with Crippen LogP contribution in [0.4, 0.5) is 0 Å². The Hall–Kier alpha value is -3.92. The van der Waals surface area contributed by atoms with Crippen LogP contribution in [0.2, 0.25) is 0 Å². The molecule has 23 heteroatoms. The average Bonchev–Trinajstić information content (AvgIpc) is 3.16. The first-order valence-corrected chi connectivity index (χ1v) is 18.1. The minimum Gasteiger partial charge on any atom is -0.477 e. The van der Waals surface area contributed by atoms with E-state index in [0.717, 1.165) is 13.8 Å². The van der Waals surface area contributed by atoms with Gasteiger partial charge in [0.1, 0.15) is 78.4 Å². The van der Waals surface area contributed by atoms with Gasteiger partial charge in [0.05, 0.1) is 32.0 Å². The molecule has 4 heterocycles. The van der Waals surface area contributed by atoms with Crippen LogP contribution < -0.4 is 21.0 Å².